The molecular formula is C23H28N6O2. The summed E-state index contributed by atoms with van der Waals surface area (Å²) in [7, 11) is 0. The summed E-state index contributed by atoms with van der Waals surface area (Å²) in [5, 5.41) is 11.5. The van der Waals surface area contributed by atoms with Crippen molar-refractivity contribution in [1.29, 1.82) is 0 Å². The van der Waals surface area contributed by atoms with Crippen LogP contribution in [-0.4, -0.2) is 62.1 Å². The molecule has 0 atom stereocenters. The van der Waals surface area contributed by atoms with Gasteiger partial charge < -0.3 is 9.64 Å². The normalized spacial score (nSPS) is 14.6. The number of rotatable bonds is 7. The number of carbonyl (C=O) groups excluding carboxylic acids is 1. The number of aryl methyl sites for hydroxylation is 2. The van der Waals surface area contributed by atoms with Crippen LogP contribution in [0.4, 0.5) is 0 Å². The minimum absolute atomic E-state index is 0.0667. The first kappa shape index (κ1) is 21.0. The van der Waals surface area contributed by atoms with Crippen molar-refractivity contribution in [2.75, 3.05) is 26.2 Å². The van der Waals surface area contributed by atoms with Crippen molar-refractivity contribution in [1.82, 2.24) is 30.0 Å². The molecule has 8 heteroatoms. The maximum atomic E-state index is 12.9. The molecule has 0 spiro atoms. The molecule has 2 heterocycles. The Bertz CT molecular complexity index is 1010. The zero-order chi connectivity index (χ0) is 21.6. The number of nitrogens with zero attached hydrogens (tertiary/aromatic N) is 6. The number of amides is 1. The minimum Gasteiger partial charge on any atom is -0.486 e. The average molecular weight is 421 g/mol. The van der Waals surface area contributed by atoms with E-state index in [1.165, 1.54) is 11.1 Å². The largest absolute Gasteiger partial charge is 0.486 e. The van der Waals surface area contributed by atoms with E-state index in [1.807, 2.05) is 36.1 Å². The van der Waals surface area contributed by atoms with Crippen molar-refractivity contribution in [2.45, 2.75) is 33.5 Å². The molecule has 1 amide bonds. The molecule has 2 aromatic carbocycles. The van der Waals surface area contributed by atoms with Crippen molar-refractivity contribution in [3.05, 3.63) is 71.0 Å². The van der Waals surface area contributed by atoms with Gasteiger partial charge >= 0.3 is 0 Å². The number of hydrogen-bond donors (Lipinski definition) is 0. The highest BCUT2D eigenvalue weighted by Gasteiger charge is 2.22. The Morgan fingerprint density at radius 1 is 1.03 bits per heavy atom. The SMILES string of the molecule is CCn1nnnc1COc1ccc(C(=O)N2CCN(Cc3ccccc3C)CC2)cc1. The second kappa shape index (κ2) is 9.70. The summed E-state index contributed by atoms with van der Waals surface area (Å²) in [6.45, 7) is 9.28. The third kappa shape index (κ3) is 5.08. The van der Waals surface area contributed by atoms with Gasteiger partial charge in [0.25, 0.3) is 5.91 Å². The van der Waals surface area contributed by atoms with Crippen LogP contribution in [0.25, 0.3) is 0 Å². The van der Waals surface area contributed by atoms with Crippen LogP contribution in [0.5, 0.6) is 5.75 Å². The molecule has 1 aliphatic heterocycles. The zero-order valence-electron chi connectivity index (χ0n) is 18.1. The van der Waals surface area contributed by atoms with Crippen LogP contribution < -0.4 is 4.74 Å². The molecule has 3 aromatic rings. The summed E-state index contributed by atoms with van der Waals surface area (Å²) in [6, 6.07) is 15.8. The number of hydrogen-bond acceptors (Lipinski definition) is 6. The molecule has 8 nitrogen and oxygen atoms in total. The summed E-state index contributed by atoms with van der Waals surface area (Å²) in [5.74, 6) is 1.42. The first-order valence-corrected chi connectivity index (χ1v) is 10.7. The van der Waals surface area contributed by atoms with E-state index in [1.54, 1.807) is 4.68 Å². The topological polar surface area (TPSA) is 76.4 Å². The maximum Gasteiger partial charge on any atom is 0.253 e. The predicted octanol–water partition coefficient (Wildman–Crippen LogP) is 2.54. The molecule has 162 valence electrons. The lowest BCUT2D eigenvalue weighted by molar-refractivity contribution is 0.0628. The molecule has 1 aliphatic rings. The van der Waals surface area contributed by atoms with E-state index in [4.69, 9.17) is 4.74 Å². The van der Waals surface area contributed by atoms with E-state index in [-0.39, 0.29) is 12.5 Å². The monoisotopic (exact) mass is 420 g/mol. The fourth-order valence-electron chi connectivity index (χ4n) is 3.73. The van der Waals surface area contributed by atoms with Crippen LogP contribution in [0.3, 0.4) is 0 Å². The molecule has 1 aromatic heterocycles. The molecular weight excluding hydrogens is 392 g/mol. The number of ether oxygens (including phenoxy) is 1. The molecule has 1 saturated heterocycles. The summed E-state index contributed by atoms with van der Waals surface area (Å²) in [4.78, 5) is 17.2. The van der Waals surface area contributed by atoms with Crippen molar-refractivity contribution in [3.8, 4) is 5.75 Å². The lowest BCUT2D eigenvalue weighted by Crippen LogP contribution is -2.48. The minimum atomic E-state index is 0.0667. The third-order valence-corrected chi connectivity index (χ3v) is 5.69. The highest BCUT2D eigenvalue weighted by molar-refractivity contribution is 5.94. The quantitative estimate of drug-likeness (QED) is 0.585. The van der Waals surface area contributed by atoms with Gasteiger partial charge in [-0.3, -0.25) is 9.69 Å². The van der Waals surface area contributed by atoms with Crippen molar-refractivity contribution in [3.63, 3.8) is 0 Å². The molecule has 0 radical (unpaired) electrons. The van der Waals surface area contributed by atoms with Crippen molar-refractivity contribution >= 4 is 5.91 Å². The van der Waals surface area contributed by atoms with Gasteiger partial charge in [0.05, 0.1) is 0 Å². The van der Waals surface area contributed by atoms with E-state index in [2.05, 4.69) is 51.6 Å². The predicted molar refractivity (Wildman–Crippen MR) is 117 cm³/mol. The molecule has 0 aliphatic carbocycles. The molecule has 31 heavy (non-hydrogen) atoms. The van der Waals surface area contributed by atoms with Crippen LogP contribution in [-0.2, 0) is 19.7 Å². The van der Waals surface area contributed by atoms with Gasteiger partial charge in [0.2, 0.25) is 0 Å². The number of benzene rings is 2. The van der Waals surface area contributed by atoms with Crippen LogP contribution in [0.15, 0.2) is 48.5 Å². The highest BCUT2D eigenvalue weighted by Crippen LogP contribution is 2.17. The van der Waals surface area contributed by atoms with Crippen molar-refractivity contribution in [2.24, 2.45) is 0 Å². The van der Waals surface area contributed by atoms with E-state index < -0.39 is 0 Å². The van der Waals surface area contributed by atoms with Crippen LogP contribution in [0.2, 0.25) is 0 Å². The Labute approximate surface area is 182 Å². The zero-order valence-corrected chi connectivity index (χ0v) is 18.1. The van der Waals surface area contributed by atoms with Gasteiger partial charge in [0.15, 0.2) is 5.82 Å². The highest BCUT2D eigenvalue weighted by atomic mass is 16.5. The molecule has 0 bridgehead atoms. The van der Waals surface area contributed by atoms with Gasteiger partial charge in [-0.25, -0.2) is 4.68 Å². The molecule has 1 fully saturated rings. The Balaban J connectivity index is 1.28. The van der Waals surface area contributed by atoms with Crippen LogP contribution >= 0.6 is 0 Å². The summed E-state index contributed by atoms with van der Waals surface area (Å²) < 4.78 is 7.45. The number of aromatic nitrogens is 4. The molecule has 0 unspecified atom stereocenters. The average Bonchev–Trinajstić information content (AvgIpc) is 3.27. The van der Waals surface area contributed by atoms with Crippen molar-refractivity contribution < 1.29 is 9.53 Å². The van der Waals surface area contributed by atoms with E-state index in [9.17, 15) is 4.79 Å². The summed E-state index contributed by atoms with van der Waals surface area (Å²) >= 11 is 0. The van der Waals surface area contributed by atoms with Crippen LogP contribution in [0, 0.1) is 6.92 Å². The Morgan fingerprint density at radius 3 is 2.48 bits per heavy atom. The van der Waals surface area contributed by atoms with Gasteiger partial charge in [-0.05, 0) is 59.7 Å². The summed E-state index contributed by atoms with van der Waals surface area (Å²) in [6.07, 6.45) is 0. The Hall–Kier alpha value is -3.26. The van der Waals surface area contributed by atoms with E-state index in [0.29, 0.717) is 23.7 Å². The smallest absolute Gasteiger partial charge is 0.253 e. The van der Waals surface area contributed by atoms with Gasteiger partial charge in [-0.15, -0.1) is 5.10 Å². The van der Waals surface area contributed by atoms with Gasteiger partial charge in [-0.2, -0.15) is 0 Å². The van der Waals surface area contributed by atoms with Gasteiger partial charge in [0, 0.05) is 44.8 Å². The number of piperazine rings is 1. The Morgan fingerprint density at radius 2 is 1.77 bits per heavy atom. The molecule has 0 N–H and O–H groups in total. The Kier molecular flexibility index (Phi) is 6.57. The second-order valence-corrected chi connectivity index (χ2v) is 7.72. The second-order valence-electron chi connectivity index (χ2n) is 7.72. The number of carbonyl (C=O) groups is 1. The first-order chi connectivity index (χ1) is 15.1. The van der Waals surface area contributed by atoms with Gasteiger partial charge in [-0.1, -0.05) is 24.3 Å². The van der Waals surface area contributed by atoms with Crippen LogP contribution in [0.1, 0.15) is 34.2 Å². The summed E-state index contributed by atoms with van der Waals surface area (Å²) in [5.41, 5.74) is 3.35. The fraction of sp³-hybridized carbons (Fsp3) is 0.391. The third-order valence-electron chi connectivity index (χ3n) is 5.69. The molecule has 4 rings (SSSR count). The standard InChI is InChI=1S/C23H28N6O2/c1-3-29-22(24-25-26-29)17-31-21-10-8-19(9-11-21)23(30)28-14-12-27(13-15-28)16-20-7-5-4-6-18(20)2/h4-11H,3,12-17H2,1-2H3. The number of tetrazole rings is 1. The van der Waals surface area contributed by atoms with E-state index in [0.717, 1.165) is 32.7 Å². The van der Waals surface area contributed by atoms with Gasteiger partial charge in [0.1, 0.15) is 12.4 Å². The lowest BCUT2D eigenvalue weighted by Gasteiger charge is -2.35. The van der Waals surface area contributed by atoms with E-state index >= 15 is 0 Å². The fourth-order valence-corrected chi connectivity index (χ4v) is 3.73. The molecule has 0 saturated carbocycles. The lowest BCUT2D eigenvalue weighted by atomic mass is 10.1. The first-order valence-electron chi connectivity index (χ1n) is 10.7. The maximum absolute atomic E-state index is 12.9.